The Labute approximate surface area is 296 Å². The molecule has 6 atom stereocenters. The molecule has 2 fully saturated rings. The molecule has 1 saturated carbocycles. The molecule has 1 amide bonds. The summed E-state index contributed by atoms with van der Waals surface area (Å²) in [6.07, 6.45) is 9.66. The van der Waals surface area contributed by atoms with Crippen LogP contribution in [0.2, 0.25) is 5.02 Å². The van der Waals surface area contributed by atoms with E-state index < -0.39 is 21.2 Å². The van der Waals surface area contributed by atoms with Crippen LogP contribution in [0, 0.1) is 23.7 Å². The number of carbonyl (C=O) groups excluding carboxylic acids is 1. The van der Waals surface area contributed by atoms with Crippen molar-refractivity contribution in [3.05, 3.63) is 70.3 Å². The molecular formula is C38H50ClN3O6S. The third kappa shape index (κ3) is 6.88. The largest absolute Gasteiger partial charge is 0.490 e. The van der Waals surface area contributed by atoms with Crippen molar-refractivity contribution in [3.8, 4) is 5.75 Å². The lowest BCUT2D eigenvalue weighted by atomic mass is 9.65. The molecule has 7 rings (SSSR count). The van der Waals surface area contributed by atoms with Gasteiger partial charge in [-0.3, -0.25) is 4.79 Å². The summed E-state index contributed by atoms with van der Waals surface area (Å²) in [5.74, 6) is 0.612. The molecule has 2 aliphatic carbocycles. The van der Waals surface area contributed by atoms with Crippen LogP contribution in [-0.2, 0) is 31.3 Å². The van der Waals surface area contributed by atoms with E-state index in [2.05, 4.69) is 38.8 Å². The van der Waals surface area contributed by atoms with E-state index in [9.17, 15) is 13.2 Å². The lowest BCUT2D eigenvalue weighted by Crippen LogP contribution is -2.51. The topological polar surface area (TPSA) is 97.4 Å². The summed E-state index contributed by atoms with van der Waals surface area (Å²) in [6, 6.07) is 11.8. The minimum atomic E-state index is -3.94. The first-order valence-electron chi connectivity index (χ1n) is 17.9. The van der Waals surface area contributed by atoms with E-state index in [1.165, 1.54) is 11.1 Å². The van der Waals surface area contributed by atoms with Crippen molar-refractivity contribution >= 4 is 33.2 Å². The van der Waals surface area contributed by atoms with Gasteiger partial charge in [0.2, 0.25) is 10.0 Å². The van der Waals surface area contributed by atoms with E-state index in [4.69, 9.17) is 25.8 Å². The van der Waals surface area contributed by atoms with E-state index in [1.54, 1.807) is 13.0 Å². The number of rotatable bonds is 2. The fourth-order valence-electron chi connectivity index (χ4n) is 8.56. The minimum Gasteiger partial charge on any atom is -0.490 e. The Kier molecular flexibility index (Phi) is 9.82. The molecule has 11 heteroatoms. The van der Waals surface area contributed by atoms with Crippen molar-refractivity contribution in [1.82, 2.24) is 9.62 Å². The second-order valence-corrected chi connectivity index (χ2v) is 17.8. The lowest BCUT2D eigenvalue weighted by Gasteiger charge is -2.48. The number of carbonyl (C=O) groups is 1. The predicted molar refractivity (Wildman–Crippen MR) is 192 cm³/mol. The molecule has 2 aromatic carbocycles. The van der Waals surface area contributed by atoms with Gasteiger partial charge < -0.3 is 24.0 Å². The van der Waals surface area contributed by atoms with E-state index in [1.807, 2.05) is 39.2 Å². The summed E-state index contributed by atoms with van der Waals surface area (Å²) in [6.45, 7) is 6.82. The molecule has 3 heterocycles. The second-order valence-electron chi connectivity index (χ2n) is 15.3. The Morgan fingerprint density at radius 3 is 2.59 bits per heavy atom. The molecule has 3 aliphatic heterocycles. The van der Waals surface area contributed by atoms with Crippen LogP contribution in [0.25, 0.3) is 0 Å². The Bertz CT molecular complexity index is 1690. The monoisotopic (exact) mass is 711 g/mol. The molecule has 0 aromatic heterocycles. The number of ether oxygens (including phenoxy) is 3. The second kappa shape index (κ2) is 13.8. The Balaban J connectivity index is 1.28. The molecule has 49 heavy (non-hydrogen) atoms. The van der Waals surface area contributed by atoms with Crippen molar-refractivity contribution in [2.24, 2.45) is 23.7 Å². The number of halogens is 1. The first-order chi connectivity index (χ1) is 23.4. The summed E-state index contributed by atoms with van der Waals surface area (Å²) in [5.41, 5.74) is 3.42. The molecule has 1 saturated heterocycles. The zero-order valence-corrected chi connectivity index (χ0v) is 30.6. The third-order valence-electron chi connectivity index (χ3n) is 12.1. The molecule has 1 N–H and O–H groups in total. The Morgan fingerprint density at radius 1 is 1.06 bits per heavy atom. The number of aryl methyl sites for hydroxylation is 1. The third-order valence-corrected chi connectivity index (χ3v) is 14.2. The van der Waals surface area contributed by atoms with Gasteiger partial charge in [-0.1, -0.05) is 36.7 Å². The normalized spacial score (nSPS) is 35.3. The molecule has 5 aliphatic rings. The summed E-state index contributed by atoms with van der Waals surface area (Å²) in [7, 11) is 0.157. The summed E-state index contributed by atoms with van der Waals surface area (Å²) in [4.78, 5) is 18.1. The number of fused-ring (bicyclic) bond motifs is 4. The van der Waals surface area contributed by atoms with Gasteiger partial charge >= 0.3 is 0 Å². The van der Waals surface area contributed by atoms with Crippen molar-refractivity contribution in [3.63, 3.8) is 0 Å². The van der Waals surface area contributed by atoms with Crippen LogP contribution < -0.4 is 14.4 Å². The smallest absolute Gasteiger partial charge is 0.264 e. The number of amides is 1. The van der Waals surface area contributed by atoms with Crippen LogP contribution in [0.4, 0.5) is 5.69 Å². The van der Waals surface area contributed by atoms with Gasteiger partial charge in [-0.2, -0.15) is 0 Å². The molecular weight excluding hydrogens is 662 g/mol. The number of nitrogens with one attached hydrogen (secondary N) is 1. The molecule has 2 bridgehead atoms. The van der Waals surface area contributed by atoms with Crippen LogP contribution >= 0.6 is 11.6 Å². The highest BCUT2D eigenvalue weighted by Crippen LogP contribution is 2.48. The standard InChI is InChI=1S/C38H50ClN3O6S/c1-24-7-5-9-32(37-46-20-30(21-47-37)41(3)4)31-13-10-28(31)19-42-22-38(16-6-8-26-17-29(39)12-14-33(26)38)23-48-35-15-11-27(18-34(35)42)36(43)40-49(44,45)25(24)2/h5,9,11-12,14-15,17-18,24-25,28,30-32,37H,6-8,10,13,16,19-23H2,1-4H3,(H,40,43)/b9-5+/t24-,25+,28-,30-,31+,32+,37+,38-/m0/s1. The highest BCUT2D eigenvalue weighted by molar-refractivity contribution is 7.90. The van der Waals surface area contributed by atoms with Crippen molar-refractivity contribution in [2.75, 3.05) is 51.9 Å². The number of nitrogens with zero attached hydrogens (tertiary/aromatic N) is 2. The minimum absolute atomic E-state index is 0.0362. The summed E-state index contributed by atoms with van der Waals surface area (Å²) >= 11 is 6.47. The number of likely N-dealkylation sites (N-methyl/N-ethyl adjacent to an activating group) is 1. The van der Waals surface area contributed by atoms with Crippen LogP contribution in [0.1, 0.15) is 67.4 Å². The van der Waals surface area contributed by atoms with Gasteiger partial charge in [-0.05, 0) is 119 Å². The van der Waals surface area contributed by atoms with Crippen LogP contribution in [0.15, 0.2) is 48.6 Å². The van der Waals surface area contributed by atoms with Gasteiger partial charge in [0.25, 0.3) is 5.91 Å². The zero-order chi connectivity index (χ0) is 34.5. The number of benzene rings is 2. The Hall–Kier alpha value is -2.63. The molecule has 266 valence electrons. The van der Waals surface area contributed by atoms with Crippen LogP contribution in [0.5, 0.6) is 5.75 Å². The maximum atomic E-state index is 13.5. The fraction of sp³-hybridized carbons (Fsp3) is 0.605. The van der Waals surface area contributed by atoms with Gasteiger partial charge in [0.1, 0.15) is 5.75 Å². The average Bonchev–Trinajstić information content (AvgIpc) is 3.21. The number of hydrogen-bond acceptors (Lipinski definition) is 8. The first-order valence-corrected chi connectivity index (χ1v) is 19.8. The molecule has 1 spiro atoms. The average molecular weight is 712 g/mol. The number of hydrogen-bond donors (Lipinski definition) is 1. The maximum absolute atomic E-state index is 13.5. The Morgan fingerprint density at radius 2 is 1.86 bits per heavy atom. The molecule has 2 aromatic rings. The van der Waals surface area contributed by atoms with E-state index in [0.29, 0.717) is 49.4 Å². The zero-order valence-electron chi connectivity index (χ0n) is 29.1. The molecule has 0 radical (unpaired) electrons. The van der Waals surface area contributed by atoms with Gasteiger partial charge in [-0.15, -0.1) is 0 Å². The highest BCUT2D eigenvalue weighted by Gasteiger charge is 2.46. The number of anilines is 1. The fourth-order valence-corrected chi connectivity index (χ4v) is 10.0. The van der Waals surface area contributed by atoms with Gasteiger partial charge in [0.15, 0.2) is 6.29 Å². The van der Waals surface area contributed by atoms with Gasteiger partial charge in [-0.25, -0.2) is 13.1 Å². The molecule has 9 nitrogen and oxygen atoms in total. The maximum Gasteiger partial charge on any atom is 0.264 e. The van der Waals surface area contributed by atoms with Crippen LogP contribution in [-0.4, -0.2) is 83.8 Å². The number of sulfonamides is 1. The molecule has 0 unspecified atom stereocenters. The highest BCUT2D eigenvalue weighted by atomic mass is 35.5. The van der Waals surface area contributed by atoms with Crippen LogP contribution in [0.3, 0.4) is 0 Å². The van der Waals surface area contributed by atoms with E-state index in [-0.39, 0.29) is 29.6 Å². The SMILES string of the molecule is C[C@@H]1[C@@H](C)C/C=C/[C@@H]([C@H]2OC[C@@H](N(C)C)CO2)[C@@H]2CC[C@H]2CN2C[C@@]3(CCCc4cc(Cl)ccc43)COc3ccc(cc32)C(=O)NS1(=O)=O. The van der Waals surface area contributed by atoms with E-state index in [0.717, 1.165) is 55.9 Å². The van der Waals surface area contributed by atoms with Gasteiger partial charge in [0.05, 0.1) is 36.8 Å². The van der Waals surface area contributed by atoms with Crippen molar-refractivity contribution < 1.29 is 27.4 Å². The predicted octanol–water partition coefficient (Wildman–Crippen LogP) is 5.80. The van der Waals surface area contributed by atoms with Crippen molar-refractivity contribution in [1.29, 1.82) is 0 Å². The summed E-state index contributed by atoms with van der Waals surface area (Å²) < 4.78 is 48.8. The quantitative estimate of drug-likeness (QED) is 0.391. The van der Waals surface area contributed by atoms with Gasteiger partial charge in [0, 0.05) is 35.0 Å². The van der Waals surface area contributed by atoms with E-state index >= 15 is 0 Å². The van der Waals surface area contributed by atoms with Crippen molar-refractivity contribution in [2.45, 2.75) is 75.4 Å². The first kappa shape index (κ1) is 34.8. The lowest BCUT2D eigenvalue weighted by molar-refractivity contribution is -0.230. The number of allylic oxidation sites excluding steroid dienone is 1. The summed E-state index contributed by atoms with van der Waals surface area (Å²) in [5, 5.41) is -0.0271.